The van der Waals surface area contributed by atoms with E-state index in [1.54, 1.807) is 0 Å². The van der Waals surface area contributed by atoms with E-state index in [0.717, 1.165) is 19.4 Å². The van der Waals surface area contributed by atoms with Crippen LogP contribution in [-0.2, 0) is 11.2 Å². The van der Waals surface area contributed by atoms with Crippen molar-refractivity contribution in [1.29, 1.82) is 0 Å². The second-order valence-corrected chi connectivity index (χ2v) is 4.67. The fraction of sp³-hybridized carbons (Fsp3) is 0.462. The molecule has 1 saturated heterocycles. The first-order chi connectivity index (χ1) is 7.77. The molecule has 2 aliphatic heterocycles. The Balaban J connectivity index is 2.12. The van der Waals surface area contributed by atoms with Gasteiger partial charge in [-0.25, -0.2) is 0 Å². The molecule has 2 aliphatic rings. The van der Waals surface area contributed by atoms with Crippen molar-refractivity contribution in [3.8, 4) is 0 Å². The molecule has 0 aliphatic carbocycles. The number of rotatable bonds is 0. The van der Waals surface area contributed by atoms with Crippen molar-refractivity contribution in [3.63, 3.8) is 0 Å². The number of aryl methyl sites for hydroxylation is 2. The van der Waals surface area contributed by atoms with Gasteiger partial charge in [0.25, 0.3) is 0 Å². The van der Waals surface area contributed by atoms with Crippen LogP contribution in [0.25, 0.3) is 0 Å². The smallest absolute Gasteiger partial charge is 0.241 e. The Morgan fingerprint density at radius 3 is 3.19 bits per heavy atom. The zero-order valence-corrected chi connectivity index (χ0v) is 9.49. The highest BCUT2D eigenvalue weighted by molar-refractivity contribution is 5.98. The van der Waals surface area contributed by atoms with Crippen LogP contribution in [0.5, 0.6) is 0 Å². The molecule has 3 heteroatoms. The first kappa shape index (κ1) is 9.85. The van der Waals surface area contributed by atoms with E-state index in [9.17, 15) is 4.79 Å². The number of benzene rings is 1. The van der Waals surface area contributed by atoms with E-state index in [4.69, 9.17) is 0 Å². The summed E-state index contributed by atoms with van der Waals surface area (Å²) in [6, 6.07) is 6.68. The van der Waals surface area contributed by atoms with Crippen LogP contribution in [-0.4, -0.2) is 25.0 Å². The predicted molar refractivity (Wildman–Crippen MR) is 63.6 cm³/mol. The molecule has 2 heterocycles. The number of piperazine rings is 1. The van der Waals surface area contributed by atoms with Crippen LogP contribution >= 0.6 is 0 Å². The van der Waals surface area contributed by atoms with Gasteiger partial charge in [-0.05, 0) is 30.9 Å². The summed E-state index contributed by atoms with van der Waals surface area (Å²) in [5, 5.41) is 3.19. The van der Waals surface area contributed by atoms with Crippen LogP contribution < -0.4 is 10.2 Å². The van der Waals surface area contributed by atoms with Crippen LogP contribution in [0.4, 0.5) is 5.69 Å². The van der Waals surface area contributed by atoms with E-state index in [-0.39, 0.29) is 5.91 Å². The number of carbonyl (C=O) groups excluding carboxylic acids is 1. The number of hydrogen-bond donors (Lipinski definition) is 1. The normalized spacial score (nSPS) is 23.9. The summed E-state index contributed by atoms with van der Waals surface area (Å²) < 4.78 is 0. The number of para-hydroxylation sites is 1. The summed E-state index contributed by atoms with van der Waals surface area (Å²) in [6.07, 6.45) is 2.17. The van der Waals surface area contributed by atoms with Crippen molar-refractivity contribution < 1.29 is 4.79 Å². The largest absolute Gasteiger partial charge is 0.306 e. The Kier molecular flexibility index (Phi) is 2.21. The molecule has 0 bridgehead atoms. The quantitative estimate of drug-likeness (QED) is 0.708. The second-order valence-electron chi connectivity index (χ2n) is 4.67. The maximum absolute atomic E-state index is 12.0. The average Bonchev–Trinajstić information content (AvgIpc) is 2.29. The predicted octanol–water partition coefficient (Wildman–Crippen LogP) is 1.25. The van der Waals surface area contributed by atoms with E-state index >= 15 is 0 Å². The van der Waals surface area contributed by atoms with Gasteiger partial charge in [-0.3, -0.25) is 4.79 Å². The second kappa shape index (κ2) is 3.59. The molecule has 0 spiro atoms. The molecule has 1 atom stereocenters. The number of carbonyl (C=O) groups is 1. The lowest BCUT2D eigenvalue weighted by molar-refractivity contribution is -0.119. The van der Waals surface area contributed by atoms with Crippen LogP contribution in [0, 0.1) is 6.92 Å². The maximum Gasteiger partial charge on any atom is 0.241 e. The molecule has 1 fully saturated rings. The molecule has 0 aromatic heterocycles. The molecule has 1 amide bonds. The van der Waals surface area contributed by atoms with E-state index < -0.39 is 0 Å². The molecule has 1 unspecified atom stereocenters. The number of nitrogens with zero attached hydrogens (tertiary/aromatic N) is 1. The SMILES string of the molecule is Cc1cccc2c1N1C(=O)CNCC1CC2. The van der Waals surface area contributed by atoms with E-state index in [1.165, 1.54) is 16.8 Å². The van der Waals surface area contributed by atoms with Crippen molar-refractivity contribution in [1.82, 2.24) is 5.32 Å². The summed E-state index contributed by atoms with van der Waals surface area (Å²) in [7, 11) is 0. The Morgan fingerprint density at radius 2 is 2.31 bits per heavy atom. The average molecular weight is 216 g/mol. The Morgan fingerprint density at radius 1 is 1.44 bits per heavy atom. The van der Waals surface area contributed by atoms with Gasteiger partial charge in [-0.2, -0.15) is 0 Å². The molecular formula is C13H16N2O. The number of amides is 1. The van der Waals surface area contributed by atoms with Crippen molar-refractivity contribution in [2.75, 3.05) is 18.0 Å². The van der Waals surface area contributed by atoms with Gasteiger partial charge >= 0.3 is 0 Å². The van der Waals surface area contributed by atoms with E-state index in [1.807, 2.05) is 4.90 Å². The zero-order chi connectivity index (χ0) is 11.1. The third-order valence-electron chi connectivity index (χ3n) is 3.60. The standard InChI is InChI=1S/C13H16N2O/c1-9-3-2-4-10-5-6-11-7-14-8-12(16)15(11)13(9)10/h2-4,11,14H,5-8H2,1H3. The van der Waals surface area contributed by atoms with Gasteiger partial charge in [-0.1, -0.05) is 18.2 Å². The minimum absolute atomic E-state index is 0.214. The van der Waals surface area contributed by atoms with Gasteiger partial charge in [0.1, 0.15) is 0 Å². The Bertz CT molecular complexity index is 442. The summed E-state index contributed by atoms with van der Waals surface area (Å²) in [4.78, 5) is 14.0. The monoisotopic (exact) mass is 216 g/mol. The molecule has 3 rings (SSSR count). The molecule has 3 nitrogen and oxygen atoms in total. The lowest BCUT2D eigenvalue weighted by atomic mass is 9.92. The fourth-order valence-corrected chi connectivity index (χ4v) is 2.85. The number of hydrogen-bond acceptors (Lipinski definition) is 2. The molecule has 0 radical (unpaired) electrons. The molecule has 0 saturated carbocycles. The van der Waals surface area contributed by atoms with Gasteiger partial charge < -0.3 is 10.2 Å². The third kappa shape index (κ3) is 1.35. The molecule has 1 N–H and O–H groups in total. The summed E-state index contributed by atoms with van der Waals surface area (Å²) in [5.41, 5.74) is 3.72. The molecule has 1 aromatic carbocycles. The first-order valence-corrected chi connectivity index (χ1v) is 5.88. The highest BCUT2D eigenvalue weighted by Crippen LogP contribution is 2.34. The van der Waals surface area contributed by atoms with Gasteiger partial charge in [-0.15, -0.1) is 0 Å². The summed E-state index contributed by atoms with van der Waals surface area (Å²) in [6.45, 7) is 3.50. The van der Waals surface area contributed by atoms with Crippen LogP contribution in [0.2, 0.25) is 0 Å². The third-order valence-corrected chi connectivity index (χ3v) is 3.60. The lowest BCUT2D eigenvalue weighted by Crippen LogP contribution is -2.57. The lowest BCUT2D eigenvalue weighted by Gasteiger charge is -2.41. The van der Waals surface area contributed by atoms with Crippen molar-refractivity contribution in [3.05, 3.63) is 29.3 Å². The van der Waals surface area contributed by atoms with E-state index in [2.05, 4.69) is 30.4 Å². The topological polar surface area (TPSA) is 32.3 Å². The van der Waals surface area contributed by atoms with Gasteiger partial charge in [0.2, 0.25) is 5.91 Å². The van der Waals surface area contributed by atoms with Crippen LogP contribution in [0.1, 0.15) is 17.5 Å². The van der Waals surface area contributed by atoms with Crippen molar-refractivity contribution in [2.45, 2.75) is 25.8 Å². The van der Waals surface area contributed by atoms with Crippen LogP contribution in [0.3, 0.4) is 0 Å². The van der Waals surface area contributed by atoms with Crippen molar-refractivity contribution in [2.24, 2.45) is 0 Å². The number of anilines is 1. The highest BCUT2D eigenvalue weighted by atomic mass is 16.2. The first-order valence-electron chi connectivity index (χ1n) is 5.88. The minimum Gasteiger partial charge on any atom is -0.306 e. The number of nitrogens with one attached hydrogen (secondary N) is 1. The summed E-state index contributed by atoms with van der Waals surface area (Å²) in [5.74, 6) is 0.214. The molecular weight excluding hydrogens is 200 g/mol. The fourth-order valence-electron chi connectivity index (χ4n) is 2.85. The van der Waals surface area contributed by atoms with Crippen molar-refractivity contribution >= 4 is 11.6 Å². The maximum atomic E-state index is 12.0. The number of fused-ring (bicyclic) bond motifs is 3. The molecule has 84 valence electrons. The Labute approximate surface area is 95.4 Å². The van der Waals surface area contributed by atoms with Gasteiger partial charge in [0, 0.05) is 12.6 Å². The highest BCUT2D eigenvalue weighted by Gasteiger charge is 2.34. The molecule has 16 heavy (non-hydrogen) atoms. The Hall–Kier alpha value is -1.35. The van der Waals surface area contributed by atoms with Crippen LogP contribution in [0.15, 0.2) is 18.2 Å². The zero-order valence-electron chi connectivity index (χ0n) is 9.49. The van der Waals surface area contributed by atoms with Gasteiger partial charge in [0.05, 0.1) is 12.2 Å². The van der Waals surface area contributed by atoms with Gasteiger partial charge in [0.15, 0.2) is 0 Å². The van der Waals surface area contributed by atoms with E-state index in [0.29, 0.717) is 12.6 Å². The molecule has 1 aromatic rings. The minimum atomic E-state index is 0.214. The summed E-state index contributed by atoms with van der Waals surface area (Å²) >= 11 is 0.